The van der Waals surface area contributed by atoms with Gasteiger partial charge in [0.15, 0.2) is 0 Å². The lowest BCUT2D eigenvalue weighted by molar-refractivity contribution is 0.968. The molecule has 0 bridgehead atoms. The molecule has 2 rings (SSSR count). The fraction of sp³-hybridized carbons (Fsp3) is 0.308. The monoisotopic (exact) mass is 260 g/mol. The molecule has 4 nitrogen and oxygen atoms in total. The maximum absolute atomic E-state index is 4.37. The van der Waals surface area contributed by atoms with E-state index in [0.717, 1.165) is 29.6 Å². The lowest BCUT2D eigenvalue weighted by Crippen LogP contribution is -2.01. The second-order valence-electron chi connectivity index (χ2n) is 3.81. The number of nitrogens with one attached hydrogen (secondary N) is 1. The average molecular weight is 260 g/mol. The predicted octanol–water partition coefficient (Wildman–Crippen LogP) is 2.99. The van der Waals surface area contributed by atoms with Crippen molar-refractivity contribution in [3.05, 3.63) is 42.5 Å². The van der Waals surface area contributed by atoms with Crippen LogP contribution in [0.3, 0.4) is 0 Å². The highest BCUT2D eigenvalue weighted by molar-refractivity contribution is 7.98. The third-order valence-electron chi connectivity index (χ3n) is 2.32. The molecule has 0 unspecified atom stereocenters. The van der Waals surface area contributed by atoms with Gasteiger partial charge in [-0.25, -0.2) is 15.0 Å². The first kappa shape index (κ1) is 12.8. The Morgan fingerprint density at radius 3 is 2.83 bits per heavy atom. The van der Waals surface area contributed by atoms with Crippen LogP contribution in [0.2, 0.25) is 0 Å². The molecule has 0 fully saturated rings. The Morgan fingerprint density at radius 2 is 2.17 bits per heavy atom. The standard InChI is InChI=1S/C13H16N4S/c1-2-6-15-12-4-3-11(8-16-12)9-18-13-5-7-14-10-17-13/h3-5,7-8,10H,2,6,9H2,1H3,(H,15,16). The third kappa shape index (κ3) is 4.00. The number of thioether (sulfide) groups is 1. The highest BCUT2D eigenvalue weighted by Crippen LogP contribution is 2.19. The number of hydrogen-bond acceptors (Lipinski definition) is 5. The quantitative estimate of drug-likeness (QED) is 0.639. The van der Waals surface area contributed by atoms with Gasteiger partial charge in [0, 0.05) is 24.7 Å². The second kappa shape index (κ2) is 6.96. The van der Waals surface area contributed by atoms with Gasteiger partial charge < -0.3 is 5.32 Å². The zero-order chi connectivity index (χ0) is 12.6. The van der Waals surface area contributed by atoms with Crippen LogP contribution in [0.25, 0.3) is 0 Å². The lowest BCUT2D eigenvalue weighted by Gasteiger charge is -2.05. The lowest BCUT2D eigenvalue weighted by atomic mass is 10.3. The van der Waals surface area contributed by atoms with Crippen LogP contribution in [0.1, 0.15) is 18.9 Å². The second-order valence-corrected chi connectivity index (χ2v) is 4.81. The van der Waals surface area contributed by atoms with Crippen molar-refractivity contribution in [3.63, 3.8) is 0 Å². The van der Waals surface area contributed by atoms with Gasteiger partial charge in [-0.3, -0.25) is 0 Å². The van der Waals surface area contributed by atoms with Crippen molar-refractivity contribution in [2.75, 3.05) is 11.9 Å². The number of aromatic nitrogens is 3. The number of pyridine rings is 1. The van der Waals surface area contributed by atoms with E-state index in [-0.39, 0.29) is 0 Å². The van der Waals surface area contributed by atoms with E-state index in [1.165, 1.54) is 5.56 Å². The summed E-state index contributed by atoms with van der Waals surface area (Å²) in [6.07, 6.45) is 6.34. The molecule has 94 valence electrons. The first-order valence-electron chi connectivity index (χ1n) is 5.96. The summed E-state index contributed by atoms with van der Waals surface area (Å²) in [4.78, 5) is 12.4. The predicted molar refractivity (Wildman–Crippen MR) is 74.6 cm³/mol. The Kier molecular flexibility index (Phi) is 4.96. The molecule has 1 N–H and O–H groups in total. The van der Waals surface area contributed by atoms with Crippen LogP contribution in [0.5, 0.6) is 0 Å². The SMILES string of the molecule is CCCNc1ccc(CSc2ccncn2)cn1. The minimum absolute atomic E-state index is 0.873. The molecule has 5 heteroatoms. The van der Waals surface area contributed by atoms with E-state index < -0.39 is 0 Å². The molecule has 2 aromatic heterocycles. The Labute approximate surface area is 111 Å². The molecule has 0 radical (unpaired) electrons. The van der Waals surface area contributed by atoms with E-state index in [0.29, 0.717) is 0 Å². The van der Waals surface area contributed by atoms with Gasteiger partial charge in [0.25, 0.3) is 0 Å². The van der Waals surface area contributed by atoms with Crippen molar-refractivity contribution < 1.29 is 0 Å². The molecule has 0 saturated heterocycles. The Bertz CT molecular complexity index is 458. The largest absolute Gasteiger partial charge is 0.370 e. The molecule has 18 heavy (non-hydrogen) atoms. The maximum Gasteiger partial charge on any atom is 0.125 e. The number of anilines is 1. The van der Waals surface area contributed by atoms with E-state index in [1.54, 1.807) is 24.3 Å². The molecule has 0 aliphatic heterocycles. The van der Waals surface area contributed by atoms with Gasteiger partial charge >= 0.3 is 0 Å². The van der Waals surface area contributed by atoms with Crippen LogP contribution in [0, 0.1) is 0 Å². The van der Waals surface area contributed by atoms with Gasteiger partial charge in [-0.1, -0.05) is 13.0 Å². The van der Waals surface area contributed by atoms with Crippen molar-refractivity contribution >= 4 is 17.6 Å². The molecular formula is C13H16N4S. The third-order valence-corrected chi connectivity index (χ3v) is 3.34. The van der Waals surface area contributed by atoms with Crippen LogP contribution >= 0.6 is 11.8 Å². The molecule has 0 spiro atoms. The van der Waals surface area contributed by atoms with Crippen molar-refractivity contribution in [1.29, 1.82) is 0 Å². The highest BCUT2D eigenvalue weighted by Gasteiger charge is 1.98. The molecule has 0 aliphatic carbocycles. The van der Waals surface area contributed by atoms with E-state index in [9.17, 15) is 0 Å². The zero-order valence-corrected chi connectivity index (χ0v) is 11.2. The molecule has 0 atom stereocenters. The van der Waals surface area contributed by atoms with E-state index in [2.05, 4.69) is 33.3 Å². The Morgan fingerprint density at radius 1 is 1.22 bits per heavy atom. The highest BCUT2D eigenvalue weighted by atomic mass is 32.2. The van der Waals surface area contributed by atoms with E-state index in [4.69, 9.17) is 0 Å². The normalized spacial score (nSPS) is 10.3. The first-order chi connectivity index (χ1) is 8.88. The fourth-order valence-corrected chi connectivity index (χ4v) is 2.15. The number of nitrogens with zero attached hydrogens (tertiary/aromatic N) is 3. The molecule has 2 heterocycles. The summed E-state index contributed by atoms with van der Waals surface area (Å²) >= 11 is 1.69. The van der Waals surface area contributed by atoms with Crippen LogP contribution in [-0.2, 0) is 5.75 Å². The maximum atomic E-state index is 4.37. The minimum atomic E-state index is 0.873. The van der Waals surface area contributed by atoms with Gasteiger partial charge in [0.05, 0.1) is 5.03 Å². The van der Waals surface area contributed by atoms with Crippen LogP contribution in [0.15, 0.2) is 41.9 Å². The summed E-state index contributed by atoms with van der Waals surface area (Å²) in [5, 5.41) is 4.24. The fourth-order valence-electron chi connectivity index (χ4n) is 1.39. The Hall–Kier alpha value is -1.62. The topological polar surface area (TPSA) is 50.7 Å². The van der Waals surface area contributed by atoms with E-state index >= 15 is 0 Å². The van der Waals surface area contributed by atoms with Gasteiger partial charge in [0.2, 0.25) is 0 Å². The number of hydrogen-bond donors (Lipinski definition) is 1. The van der Waals surface area contributed by atoms with Crippen molar-refractivity contribution in [2.24, 2.45) is 0 Å². The summed E-state index contributed by atoms with van der Waals surface area (Å²) in [6, 6.07) is 6.03. The summed E-state index contributed by atoms with van der Waals surface area (Å²) in [5.74, 6) is 1.81. The van der Waals surface area contributed by atoms with Crippen LogP contribution in [-0.4, -0.2) is 21.5 Å². The molecule has 0 amide bonds. The summed E-state index contributed by atoms with van der Waals surface area (Å²) in [6.45, 7) is 3.10. The van der Waals surface area contributed by atoms with Gasteiger partial charge in [-0.2, -0.15) is 0 Å². The molecule has 0 saturated carbocycles. The molecular weight excluding hydrogens is 244 g/mol. The smallest absolute Gasteiger partial charge is 0.125 e. The zero-order valence-electron chi connectivity index (χ0n) is 10.3. The molecule has 2 aromatic rings. The number of rotatable bonds is 6. The molecule has 0 aromatic carbocycles. The van der Waals surface area contributed by atoms with Gasteiger partial charge in [-0.05, 0) is 24.1 Å². The first-order valence-corrected chi connectivity index (χ1v) is 6.94. The Balaban J connectivity index is 1.86. The molecule has 0 aliphatic rings. The summed E-state index contributed by atoms with van der Waals surface area (Å²) in [5.41, 5.74) is 1.20. The van der Waals surface area contributed by atoms with Crippen molar-refractivity contribution in [1.82, 2.24) is 15.0 Å². The summed E-state index contributed by atoms with van der Waals surface area (Å²) < 4.78 is 0. The van der Waals surface area contributed by atoms with Crippen LogP contribution < -0.4 is 5.32 Å². The van der Waals surface area contributed by atoms with Crippen molar-refractivity contribution in [2.45, 2.75) is 24.1 Å². The van der Waals surface area contributed by atoms with Gasteiger partial charge in [0.1, 0.15) is 12.1 Å². The van der Waals surface area contributed by atoms with Gasteiger partial charge in [-0.15, -0.1) is 11.8 Å². The van der Waals surface area contributed by atoms with Crippen LogP contribution in [0.4, 0.5) is 5.82 Å². The van der Waals surface area contributed by atoms with E-state index in [1.807, 2.05) is 18.3 Å². The van der Waals surface area contributed by atoms with Crippen molar-refractivity contribution in [3.8, 4) is 0 Å². The summed E-state index contributed by atoms with van der Waals surface area (Å²) in [7, 11) is 0. The minimum Gasteiger partial charge on any atom is -0.370 e. The average Bonchev–Trinajstić information content (AvgIpc) is 2.45.